The van der Waals surface area contributed by atoms with Crippen molar-refractivity contribution in [1.29, 1.82) is 0 Å². The first-order valence-electron chi connectivity index (χ1n) is 11.7. The third-order valence-corrected chi connectivity index (χ3v) is 7.73. The lowest BCUT2D eigenvalue weighted by Gasteiger charge is -2.37. The van der Waals surface area contributed by atoms with E-state index in [1.54, 1.807) is 41.5 Å². The molecule has 1 saturated carbocycles. The molecule has 3 atom stereocenters. The van der Waals surface area contributed by atoms with E-state index in [9.17, 15) is 18.0 Å². The summed E-state index contributed by atoms with van der Waals surface area (Å²) in [5.41, 5.74) is -0.498. The zero-order chi connectivity index (χ0) is 25.5. The molecule has 0 radical (unpaired) electrons. The maximum Gasteiger partial charge on any atom is 0.425 e. The Morgan fingerprint density at radius 1 is 0.912 bits per heavy atom. The Kier molecular flexibility index (Phi) is 7.24. The van der Waals surface area contributed by atoms with Gasteiger partial charge in [0.05, 0.1) is 6.04 Å². The first-order valence-corrected chi connectivity index (χ1v) is 13.1. The topological polar surface area (TPSA) is 96.5 Å². The smallest absolute Gasteiger partial charge is 0.425 e. The lowest BCUT2D eigenvalue weighted by molar-refractivity contribution is 0.0178. The molecule has 1 aliphatic heterocycles. The van der Waals surface area contributed by atoms with Gasteiger partial charge in [0, 0.05) is 32.1 Å². The molecule has 9 nitrogen and oxygen atoms in total. The first kappa shape index (κ1) is 26.3. The van der Waals surface area contributed by atoms with E-state index in [2.05, 4.69) is 0 Å². The lowest BCUT2D eigenvalue weighted by Crippen LogP contribution is -2.56. The van der Waals surface area contributed by atoms with Crippen LogP contribution in [-0.2, 0) is 19.7 Å². The van der Waals surface area contributed by atoms with Gasteiger partial charge < -0.3 is 14.4 Å². The summed E-state index contributed by atoms with van der Waals surface area (Å²) in [7, 11) is -4.18. The molecule has 1 heterocycles. The van der Waals surface area contributed by atoms with Crippen molar-refractivity contribution in [3.05, 3.63) is 35.9 Å². The van der Waals surface area contributed by atoms with E-state index in [1.165, 1.54) is 9.21 Å². The minimum atomic E-state index is -4.18. The summed E-state index contributed by atoms with van der Waals surface area (Å²) in [6.45, 7) is 12.9. The van der Waals surface area contributed by atoms with Gasteiger partial charge in [-0.2, -0.15) is 17.0 Å². The van der Waals surface area contributed by atoms with Gasteiger partial charge in [0.25, 0.3) is 0 Å². The van der Waals surface area contributed by atoms with Crippen LogP contribution in [0.15, 0.2) is 30.3 Å². The van der Waals surface area contributed by atoms with E-state index in [-0.39, 0.29) is 38.0 Å². The molecule has 0 spiro atoms. The quantitative estimate of drug-likeness (QED) is 0.630. The van der Waals surface area contributed by atoms with E-state index in [1.807, 2.05) is 37.3 Å². The molecule has 1 aliphatic carbocycles. The molecule has 190 valence electrons. The summed E-state index contributed by atoms with van der Waals surface area (Å²) in [6.07, 6.45) is -1.36. The van der Waals surface area contributed by atoms with Gasteiger partial charge in [0.15, 0.2) is 0 Å². The zero-order valence-corrected chi connectivity index (χ0v) is 22.0. The fraction of sp³-hybridized carbons (Fsp3) is 0.667. The van der Waals surface area contributed by atoms with Crippen molar-refractivity contribution in [2.24, 2.45) is 5.92 Å². The van der Waals surface area contributed by atoms with Crippen LogP contribution >= 0.6 is 0 Å². The molecule has 0 N–H and O–H groups in total. The van der Waals surface area contributed by atoms with Crippen molar-refractivity contribution in [3.8, 4) is 0 Å². The Hall–Kier alpha value is -2.33. The molecular weight excluding hydrogens is 458 g/mol. The van der Waals surface area contributed by atoms with Gasteiger partial charge in [-0.1, -0.05) is 37.3 Å². The number of rotatable bonds is 4. The molecule has 2 amide bonds. The SMILES string of the molecule is CC1C(c2ccccc2)C1N(C(=O)OC(C)(C)C)S(=O)(=O)N1CCN(C(=O)OC(C)(C)C)CC1. The summed E-state index contributed by atoms with van der Waals surface area (Å²) >= 11 is 0. The standard InChI is InChI=1S/C24H37N3O6S/c1-17-19(18-11-9-8-10-12-18)20(17)27(22(29)33-24(5,6)7)34(30,31)26-15-13-25(14-16-26)21(28)32-23(2,3)4/h8-12,17,19-20H,13-16H2,1-7H3. The Balaban J connectivity index is 1.81. The van der Waals surface area contributed by atoms with Crippen LogP contribution in [-0.4, -0.2) is 77.5 Å². The molecule has 34 heavy (non-hydrogen) atoms. The fourth-order valence-electron chi connectivity index (χ4n) is 4.21. The molecule has 2 fully saturated rings. The van der Waals surface area contributed by atoms with Crippen LogP contribution in [0.5, 0.6) is 0 Å². The first-order chi connectivity index (χ1) is 15.6. The van der Waals surface area contributed by atoms with E-state index in [0.29, 0.717) is 0 Å². The number of nitrogens with zero attached hydrogens (tertiary/aromatic N) is 3. The molecule has 3 unspecified atom stereocenters. The Morgan fingerprint density at radius 2 is 1.44 bits per heavy atom. The third kappa shape index (κ3) is 6.02. The summed E-state index contributed by atoms with van der Waals surface area (Å²) in [5.74, 6) is -0.153. The van der Waals surface area contributed by atoms with E-state index < -0.39 is 39.6 Å². The molecule has 0 bridgehead atoms. The van der Waals surface area contributed by atoms with Gasteiger partial charge in [-0.05, 0) is 53.0 Å². The van der Waals surface area contributed by atoms with Crippen molar-refractivity contribution in [2.45, 2.75) is 71.6 Å². The minimum absolute atomic E-state index is 0.0484. The molecule has 1 aromatic rings. The molecular formula is C24H37N3O6S. The average molecular weight is 496 g/mol. The van der Waals surface area contributed by atoms with Crippen LogP contribution in [0.3, 0.4) is 0 Å². The molecule has 1 aromatic carbocycles. The summed E-state index contributed by atoms with van der Waals surface area (Å²) in [6, 6.07) is 9.06. The van der Waals surface area contributed by atoms with Crippen molar-refractivity contribution in [3.63, 3.8) is 0 Å². The highest BCUT2D eigenvalue weighted by atomic mass is 32.2. The number of hydrogen-bond donors (Lipinski definition) is 0. The van der Waals surface area contributed by atoms with Crippen molar-refractivity contribution in [1.82, 2.24) is 13.5 Å². The van der Waals surface area contributed by atoms with Gasteiger partial charge in [-0.25, -0.2) is 9.59 Å². The highest BCUT2D eigenvalue weighted by Gasteiger charge is 2.58. The molecule has 1 saturated heterocycles. The second kappa shape index (κ2) is 9.37. The Labute approximate surface area is 203 Å². The van der Waals surface area contributed by atoms with Gasteiger partial charge >= 0.3 is 22.4 Å². The van der Waals surface area contributed by atoms with Crippen LogP contribution in [0.1, 0.15) is 59.9 Å². The molecule has 0 aromatic heterocycles. The number of hydrogen-bond acceptors (Lipinski definition) is 6. The molecule has 10 heteroatoms. The number of piperazine rings is 1. The van der Waals surface area contributed by atoms with Crippen molar-refractivity contribution < 1.29 is 27.5 Å². The van der Waals surface area contributed by atoms with E-state index in [0.717, 1.165) is 9.87 Å². The number of ether oxygens (including phenoxy) is 2. The van der Waals surface area contributed by atoms with Gasteiger partial charge in [-0.15, -0.1) is 0 Å². The summed E-state index contributed by atoms with van der Waals surface area (Å²) in [5, 5.41) is 0. The molecule has 2 aliphatic rings. The number of carbonyl (C=O) groups excluding carboxylic acids is 2. The van der Waals surface area contributed by atoms with Gasteiger partial charge in [-0.3, -0.25) is 0 Å². The van der Waals surface area contributed by atoms with Crippen LogP contribution in [0.2, 0.25) is 0 Å². The predicted octanol–water partition coefficient (Wildman–Crippen LogP) is 3.82. The van der Waals surface area contributed by atoms with E-state index in [4.69, 9.17) is 9.47 Å². The highest BCUT2D eigenvalue weighted by Crippen LogP contribution is 2.52. The second-order valence-electron chi connectivity index (χ2n) is 10.9. The fourth-order valence-corrected chi connectivity index (χ4v) is 5.94. The monoisotopic (exact) mass is 495 g/mol. The normalized spacial score (nSPS) is 23.9. The average Bonchev–Trinajstić information content (AvgIpc) is 3.35. The summed E-state index contributed by atoms with van der Waals surface area (Å²) < 4.78 is 40.6. The number of amides is 2. The van der Waals surface area contributed by atoms with E-state index >= 15 is 0 Å². The largest absolute Gasteiger partial charge is 0.444 e. The van der Waals surface area contributed by atoms with Gasteiger partial charge in [0.2, 0.25) is 0 Å². The number of benzene rings is 1. The third-order valence-electron chi connectivity index (χ3n) is 5.83. The highest BCUT2D eigenvalue weighted by molar-refractivity contribution is 7.87. The Morgan fingerprint density at radius 3 is 1.94 bits per heavy atom. The number of carbonyl (C=O) groups is 2. The summed E-state index contributed by atoms with van der Waals surface area (Å²) in [4.78, 5) is 27.1. The van der Waals surface area contributed by atoms with Gasteiger partial charge in [0.1, 0.15) is 11.2 Å². The maximum atomic E-state index is 13.7. The Bertz CT molecular complexity index is 992. The maximum absolute atomic E-state index is 13.7. The van der Waals surface area contributed by atoms with Crippen molar-refractivity contribution >= 4 is 22.4 Å². The van der Waals surface area contributed by atoms with Crippen LogP contribution < -0.4 is 0 Å². The predicted molar refractivity (Wildman–Crippen MR) is 129 cm³/mol. The lowest BCUT2D eigenvalue weighted by atomic mass is 10.1. The zero-order valence-electron chi connectivity index (χ0n) is 21.1. The minimum Gasteiger partial charge on any atom is -0.444 e. The van der Waals surface area contributed by atoms with Crippen LogP contribution in [0, 0.1) is 5.92 Å². The molecule has 3 rings (SSSR count). The van der Waals surface area contributed by atoms with Crippen molar-refractivity contribution in [2.75, 3.05) is 26.2 Å². The van der Waals surface area contributed by atoms with Crippen LogP contribution in [0.25, 0.3) is 0 Å². The second-order valence-corrected chi connectivity index (χ2v) is 12.7. The van der Waals surface area contributed by atoms with Crippen LogP contribution in [0.4, 0.5) is 9.59 Å².